The zero-order valence-corrected chi connectivity index (χ0v) is 42.7. The number of methoxy groups -OCH3 is 4. The van der Waals surface area contributed by atoms with Gasteiger partial charge in [-0.15, -0.1) is 0 Å². The summed E-state index contributed by atoms with van der Waals surface area (Å²) in [4.78, 5) is 18.4. The van der Waals surface area contributed by atoms with Crippen molar-refractivity contribution in [3.63, 3.8) is 0 Å². The maximum atomic E-state index is 14.0. The second kappa shape index (κ2) is 21.3. The van der Waals surface area contributed by atoms with Crippen LogP contribution < -0.4 is 33.8 Å². The average Bonchev–Trinajstić information content (AvgIpc) is 3.40. The summed E-state index contributed by atoms with van der Waals surface area (Å²) in [5.74, 6) is 3.02. The van der Waals surface area contributed by atoms with Gasteiger partial charge in [-0.25, -0.2) is 0 Å². The van der Waals surface area contributed by atoms with Gasteiger partial charge < -0.3 is 39.0 Å². The standard InChI is InChI=1S/C62H62N4O6/c1-61(2,3)65(67)53-15-11-13-45(41-53)59(43-17-21-47(22-18-43)63(49-25-33-55(69-7)34-26-49)50-27-35-56(70-8)36-28-50)60(46-14-12-16-54(42-46)66(68)62(4,5)6)44-19-23-48(24-20-44)64(51-29-37-57(71-9)38-30-51)52-31-39-58(72-10)40-32-52/h11-42H,1-10H3/b60-59+. The van der Waals surface area contributed by atoms with E-state index in [1.165, 1.54) is 0 Å². The summed E-state index contributed by atoms with van der Waals surface area (Å²) in [5, 5.41) is 15.1. The van der Waals surface area contributed by atoms with Crippen molar-refractivity contribution in [2.24, 2.45) is 0 Å². The highest BCUT2D eigenvalue weighted by Crippen LogP contribution is 2.44. The monoisotopic (exact) mass is 958 g/mol. The lowest BCUT2D eigenvalue weighted by atomic mass is 9.85. The molecule has 0 aliphatic carbocycles. The van der Waals surface area contributed by atoms with Crippen LogP contribution in [0.2, 0.25) is 0 Å². The highest BCUT2D eigenvalue weighted by molar-refractivity contribution is 6.05. The Morgan fingerprint density at radius 2 is 0.694 bits per heavy atom. The molecule has 0 N–H and O–H groups in total. The van der Waals surface area contributed by atoms with Crippen molar-refractivity contribution in [3.05, 3.63) is 226 Å². The predicted octanol–water partition coefficient (Wildman–Crippen LogP) is 16.0. The van der Waals surface area contributed by atoms with Crippen LogP contribution in [0.4, 0.5) is 45.5 Å². The smallest absolute Gasteiger partial charge is 0.257 e. The van der Waals surface area contributed by atoms with E-state index in [-0.39, 0.29) is 0 Å². The van der Waals surface area contributed by atoms with Crippen molar-refractivity contribution in [1.29, 1.82) is 0 Å². The largest absolute Gasteiger partial charge is 0.758 e. The first-order chi connectivity index (χ1) is 34.6. The molecule has 0 aromatic heterocycles. The van der Waals surface area contributed by atoms with Gasteiger partial charge in [0.05, 0.1) is 28.4 Å². The lowest BCUT2D eigenvalue weighted by Gasteiger charge is -2.43. The Kier molecular flexibility index (Phi) is 14.8. The maximum absolute atomic E-state index is 14.0. The summed E-state index contributed by atoms with van der Waals surface area (Å²) in [7, 11) is 6.64. The van der Waals surface area contributed by atoms with E-state index in [4.69, 9.17) is 18.9 Å². The predicted molar refractivity (Wildman–Crippen MR) is 295 cm³/mol. The molecule has 0 saturated carbocycles. The van der Waals surface area contributed by atoms with Crippen LogP contribution in [0.1, 0.15) is 63.8 Å². The number of hydrogen-bond acceptors (Lipinski definition) is 9. The van der Waals surface area contributed by atoms with Gasteiger partial charge in [0.1, 0.15) is 23.0 Å². The minimum absolute atomic E-state index is 0.524. The molecule has 0 radical (unpaired) electrons. The number of nitroso groups, excluding NO2 is 1. The third-order valence-electron chi connectivity index (χ3n) is 12.4. The molecule has 0 bridgehead atoms. The molecule has 366 valence electrons. The second-order valence-corrected chi connectivity index (χ2v) is 19.3. The van der Waals surface area contributed by atoms with Crippen molar-refractivity contribution in [1.82, 2.24) is 0 Å². The summed E-state index contributed by atoms with van der Waals surface area (Å²) < 4.78 is 23.2. The summed E-state index contributed by atoms with van der Waals surface area (Å²) in [6.07, 6.45) is 0. The number of hydrogen-bond donors (Lipinski definition) is 0. The highest BCUT2D eigenvalue weighted by atomic mass is 16.5. The fourth-order valence-electron chi connectivity index (χ4n) is 8.63. The number of benzene rings is 8. The van der Waals surface area contributed by atoms with Crippen LogP contribution in [0.5, 0.6) is 23.0 Å². The zero-order chi connectivity index (χ0) is 51.2. The lowest BCUT2D eigenvalue weighted by molar-refractivity contribution is -0.540. The van der Waals surface area contributed by atoms with Gasteiger partial charge in [-0.3, -0.25) is 0 Å². The molecule has 10 nitrogen and oxygen atoms in total. The van der Waals surface area contributed by atoms with Crippen molar-refractivity contribution in [2.45, 2.75) is 52.6 Å². The third kappa shape index (κ3) is 11.0. The summed E-state index contributed by atoms with van der Waals surface area (Å²) in [6, 6.07) is 64.4. The quantitative estimate of drug-likeness (QED) is 0.0533. The van der Waals surface area contributed by atoms with Crippen LogP contribution in [0.3, 0.4) is 0 Å². The molecule has 8 rings (SSSR count). The van der Waals surface area contributed by atoms with Gasteiger partial charge in [-0.1, -0.05) is 48.5 Å². The van der Waals surface area contributed by atoms with Crippen LogP contribution in [-0.2, 0) is 0 Å². The SMILES string of the molecule is COc1ccc(N(c2ccc(OC)cc2)c2ccc(/C(=C(/c3ccc(N(c4ccc(OC)cc4)c4ccc(OC)cc4)cc3)c3cccc([N+](=O)C(C)(C)C)c3)c3cccc(N([O-])C(C)(C)C)c3)cc2)cc1. The highest BCUT2D eigenvalue weighted by Gasteiger charge is 2.32. The molecule has 8 aromatic carbocycles. The first-order valence-corrected chi connectivity index (χ1v) is 23.9. The molecule has 8 aromatic rings. The van der Waals surface area contributed by atoms with Crippen LogP contribution in [0.15, 0.2) is 194 Å². The summed E-state index contributed by atoms with van der Waals surface area (Å²) >= 11 is 0. The fraction of sp³-hybridized carbons (Fsp3) is 0.194. The summed E-state index contributed by atoms with van der Waals surface area (Å²) in [6.45, 7) is 11.4. The Bertz CT molecular complexity index is 3040. The van der Waals surface area contributed by atoms with Gasteiger partial charge in [0.2, 0.25) is 5.54 Å². The molecule has 0 fully saturated rings. The first kappa shape index (κ1) is 50.1. The van der Waals surface area contributed by atoms with Gasteiger partial charge in [0.25, 0.3) is 5.69 Å². The average molecular weight is 959 g/mol. The van der Waals surface area contributed by atoms with Crippen molar-refractivity contribution in [3.8, 4) is 23.0 Å². The van der Waals surface area contributed by atoms with E-state index in [0.717, 1.165) is 100 Å². The Balaban J connectivity index is 1.38. The molecule has 0 saturated heterocycles. The van der Waals surface area contributed by atoms with Crippen molar-refractivity contribution >= 4 is 56.6 Å². The van der Waals surface area contributed by atoms with Crippen molar-refractivity contribution in [2.75, 3.05) is 43.3 Å². The van der Waals surface area contributed by atoms with E-state index in [1.54, 1.807) is 28.4 Å². The Hall–Kier alpha value is -8.34. The van der Waals surface area contributed by atoms with Gasteiger partial charge in [0.15, 0.2) is 0 Å². The van der Waals surface area contributed by atoms with Crippen LogP contribution in [0, 0.1) is 10.1 Å². The number of nitrogens with zero attached hydrogens (tertiary/aromatic N) is 4. The van der Waals surface area contributed by atoms with Crippen molar-refractivity contribution < 1.29 is 23.7 Å². The Labute approximate surface area is 424 Å². The molecular formula is C62H62N4O6. The van der Waals surface area contributed by atoms with Gasteiger partial charge in [0, 0.05) is 87.9 Å². The topological polar surface area (TPSA) is 89.8 Å². The van der Waals surface area contributed by atoms with E-state index < -0.39 is 11.1 Å². The van der Waals surface area contributed by atoms with Gasteiger partial charge in [-0.05, 0) is 188 Å². The normalized spacial score (nSPS) is 11.8. The Morgan fingerprint density at radius 1 is 0.389 bits per heavy atom. The van der Waals surface area contributed by atoms with Crippen LogP contribution in [0.25, 0.3) is 11.1 Å². The molecule has 0 amide bonds. The summed E-state index contributed by atoms with van der Waals surface area (Å²) in [5.41, 5.74) is 10.4. The first-order valence-electron chi connectivity index (χ1n) is 23.9. The second-order valence-electron chi connectivity index (χ2n) is 19.3. The molecule has 0 atom stereocenters. The molecular weight excluding hydrogens is 897 g/mol. The number of ether oxygens (including phenoxy) is 4. The third-order valence-corrected chi connectivity index (χ3v) is 12.4. The van der Waals surface area contributed by atoms with E-state index in [2.05, 4.69) is 58.3 Å². The van der Waals surface area contributed by atoms with E-state index >= 15 is 0 Å². The number of anilines is 7. The zero-order valence-electron chi connectivity index (χ0n) is 42.7. The number of hydroxylamine groups is 1. The minimum atomic E-state index is -0.701. The molecule has 0 aliphatic heterocycles. The molecule has 10 heteroatoms. The van der Waals surface area contributed by atoms with E-state index in [9.17, 15) is 10.1 Å². The van der Waals surface area contributed by atoms with Gasteiger partial charge >= 0.3 is 0 Å². The van der Waals surface area contributed by atoms with E-state index in [1.807, 2.05) is 187 Å². The molecule has 72 heavy (non-hydrogen) atoms. The van der Waals surface area contributed by atoms with Crippen LogP contribution in [-0.4, -0.2) is 44.3 Å². The fourth-order valence-corrected chi connectivity index (χ4v) is 8.63. The van der Waals surface area contributed by atoms with Crippen LogP contribution >= 0.6 is 0 Å². The maximum Gasteiger partial charge on any atom is 0.257 e. The molecule has 0 spiro atoms. The Morgan fingerprint density at radius 3 is 1.00 bits per heavy atom. The lowest BCUT2D eigenvalue weighted by Crippen LogP contribution is -2.36. The van der Waals surface area contributed by atoms with Gasteiger partial charge in [-0.2, -0.15) is 0 Å². The number of rotatable bonds is 16. The molecule has 0 aliphatic rings. The van der Waals surface area contributed by atoms with E-state index in [0.29, 0.717) is 11.4 Å². The molecule has 0 unspecified atom stereocenters. The minimum Gasteiger partial charge on any atom is -0.758 e. The molecule has 0 heterocycles.